The van der Waals surface area contributed by atoms with Crippen LogP contribution in [-0.2, 0) is 9.53 Å². The van der Waals surface area contributed by atoms with Gasteiger partial charge in [0, 0.05) is 13.1 Å². The number of hydrazone groups is 1. The summed E-state index contributed by atoms with van der Waals surface area (Å²) in [5, 5.41) is 4.02. The number of amides is 2. The normalized spacial score (nSPS) is 11.7. The highest BCUT2D eigenvalue weighted by Crippen LogP contribution is 2.13. The van der Waals surface area contributed by atoms with Gasteiger partial charge in [0.05, 0.1) is 5.71 Å². The summed E-state index contributed by atoms with van der Waals surface area (Å²) < 4.78 is 10.6. The van der Waals surface area contributed by atoms with Crippen molar-refractivity contribution in [2.75, 3.05) is 19.7 Å². The highest BCUT2D eigenvalue weighted by molar-refractivity contribution is 5.99. The molecule has 0 fully saturated rings. The Hall–Kier alpha value is -2.57. The second-order valence-corrected chi connectivity index (χ2v) is 6.69. The van der Waals surface area contributed by atoms with Gasteiger partial charge in [0.25, 0.3) is 5.91 Å². The van der Waals surface area contributed by atoms with Crippen LogP contribution in [0, 0.1) is 0 Å². The topological polar surface area (TPSA) is 80.2 Å². The first kappa shape index (κ1) is 21.5. The molecule has 7 heteroatoms. The molecule has 0 bridgehead atoms. The second kappa shape index (κ2) is 9.79. The molecule has 0 spiro atoms. The van der Waals surface area contributed by atoms with E-state index in [1.807, 2.05) is 26.0 Å². The summed E-state index contributed by atoms with van der Waals surface area (Å²) in [4.78, 5) is 25.3. The fraction of sp³-hybridized carbons (Fsp3) is 0.526. The first-order valence-electron chi connectivity index (χ1n) is 8.70. The molecule has 1 N–H and O–H groups in total. The number of carbonyl (C=O) groups is 2. The lowest BCUT2D eigenvalue weighted by molar-refractivity contribution is -0.132. The van der Waals surface area contributed by atoms with E-state index in [-0.39, 0.29) is 12.5 Å². The van der Waals surface area contributed by atoms with Crippen molar-refractivity contribution in [1.82, 2.24) is 10.3 Å². The van der Waals surface area contributed by atoms with Crippen molar-refractivity contribution in [3.05, 3.63) is 29.8 Å². The third kappa shape index (κ3) is 7.55. The molecule has 0 aliphatic carbocycles. The molecule has 0 radical (unpaired) electrons. The molecule has 1 aromatic carbocycles. The van der Waals surface area contributed by atoms with Crippen LogP contribution in [0.4, 0.5) is 4.79 Å². The first-order chi connectivity index (χ1) is 12.2. The van der Waals surface area contributed by atoms with Gasteiger partial charge in [0.2, 0.25) is 0 Å². The maximum atomic E-state index is 11.9. The maximum Gasteiger partial charge on any atom is 0.428 e. The second-order valence-electron chi connectivity index (χ2n) is 6.69. The lowest BCUT2D eigenvalue weighted by atomic mass is 10.1. The number of carbonyl (C=O) groups excluding carboxylic acids is 2. The molecular weight excluding hydrogens is 334 g/mol. The predicted octanol–water partition coefficient (Wildman–Crippen LogP) is 3.18. The molecular formula is C19H29N3O4. The van der Waals surface area contributed by atoms with E-state index in [0.717, 1.165) is 5.56 Å². The van der Waals surface area contributed by atoms with E-state index < -0.39 is 11.7 Å². The van der Waals surface area contributed by atoms with Gasteiger partial charge in [-0.2, -0.15) is 5.10 Å². The SMILES string of the molecule is CCN(CC)C(=O)COc1ccc(/C(C)=N\NC(=O)OC(C)(C)C)cc1. The molecule has 0 aliphatic heterocycles. The van der Waals surface area contributed by atoms with Crippen LogP contribution in [0.15, 0.2) is 29.4 Å². The lowest BCUT2D eigenvalue weighted by Crippen LogP contribution is -2.34. The molecule has 0 aromatic heterocycles. The first-order valence-corrected chi connectivity index (χ1v) is 8.70. The molecule has 0 saturated carbocycles. The van der Waals surface area contributed by atoms with Gasteiger partial charge in [-0.15, -0.1) is 0 Å². The summed E-state index contributed by atoms with van der Waals surface area (Å²) in [5.74, 6) is 0.556. The molecule has 2 amide bonds. The quantitative estimate of drug-likeness (QED) is 0.596. The van der Waals surface area contributed by atoms with Crippen molar-refractivity contribution in [3.63, 3.8) is 0 Å². The van der Waals surface area contributed by atoms with Crippen LogP contribution >= 0.6 is 0 Å². The van der Waals surface area contributed by atoms with Gasteiger partial charge in [-0.3, -0.25) is 4.79 Å². The number of hydrogen-bond acceptors (Lipinski definition) is 5. The van der Waals surface area contributed by atoms with Crippen LogP contribution in [0.1, 0.15) is 47.1 Å². The molecule has 26 heavy (non-hydrogen) atoms. The van der Waals surface area contributed by atoms with Crippen LogP contribution in [-0.4, -0.2) is 47.9 Å². The number of benzene rings is 1. The van der Waals surface area contributed by atoms with E-state index in [1.54, 1.807) is 44.7 Å². The Morgan fingerprint density at radius 2 is 1.69 bits per heavy atom. The van der Waals surface area contributed by atoms with Gasteiger partial charge in [-0.25, -0.2) is 10.2 Å². The van der Waals surface area contributed by atoms with E-state index in [0.29, 0.717) is 24.6 Å². The highest BCUT2D eigenvalue weighted by Gasteiger charge is 2.15. The smallest absolute Gasteiger partial charge is 0.428 e. The molecule has 1 rings (SSSR count). The number of likely N-dealkylation sites (N-methyl/N-ethyl adjacent to an activating group) is 1. The summed E-state index contributed by atoms with van der Waals surface area (Å²) in [5.41, 5.74) is 3.24. The number of rotatable bonds is 7. The van der Waals surface area contributed by atoms with Crippen LogP contribution in [0.25, 0.3) is 0 Å². The lowest BCUT2D eigenvalue weighted by Gasteiger charge is -2.18. The van der Waals surface area contributed by atoms with Crippen molar-refractivity contribution in [2.45, 2.75) is 47.1 Å². The summed E-state index contributed by atoms with van der Waals surface area (Å²) in [6, 6.07) is 7.15. The molecule has 0 saturated heterocycles. The number of ether oxygens (including phenoxy) is 2. The van der Waals surface area contributed by atoms with Crippen molar-refractivity contribution in [3.8, 4) is 5.75 Å². The zero-order valence-corrected chi connectivity index (χ0v) is 16.5. The van der Waals surface area contributed by atoms with Crippen molar-refractivity contribution >= 4 is 17.7 Å². The largest absolute Gasteiger partial charge is 0.484 e. The van der Waals surface area contributed by atoms with Crippen LogP contribution in [0.2, 0.25) is 0 Å². The van der Waals surface area contributed by atoms with Crippen LogP contribution in [0.5, 0.6) is 5.75 Å². The molecule has 144 valence electrons. The van der Waals surface area contributed by atoms with Crippen LogP contribution < -0.4 is 10.2 Å². The molecule has 0 atom stereocenters. The van der Waals surface area contributed by atoms with Gasteiger partial charge < -0.3 is 14.4 Å². The Kier molecular flexibility index (Phi) is 8.09. The molecule has 0 unspecified atom stereocenters. The van der Waals surface area contributed by atoms with E-state index in [1.165, 1.54) is 0 Å². The predicted molar refractivity (Wildman–Crippen MR) is 101 cm³/mol. The third-order valence-corrected chi connectivity index (χ3v) is 3.46. The zero-order chi connectivity index (χ0) is 19.7. The van der Waals surface area contributed by atoms with Crippen molar-refractivity contribution in [1.29, 1.82) is 0 Å². The Labute approximate surface area is 155 Å². The Morgan fingerprint density at radius 1 is 1.12 bits per heavy atom. The van der Waals surface area contributed by atoms with Gasteiger partial charge in [0.1, 0.15) is 11.4 Å². The van der Waals surface area contributed by atoms with Gasteiger partial charge >= 0.3 is 6.09 Å². The van der Waals surface area contributed by atoms with Gasteiger partial charge in [-0.1, -0.05) is 0 Å². The van der Waals surface area contributed by atoms with Crippen molar-refractivity contribution in [2.24, 2.45) is 5.10 Å². The van der Waals surface area contributed by atoms with E-state index in [2.05, 4.69) is 10.5 Å². The van der Waals surface area contributed by atoms with E-state index in [4.69, 9.17) is 9.47 Å². The fourth-order valence-corrected chi connectivity index (χ4v) is 2.10. The minimum absolute atomic E-state index is 0.00823. The molecule has 7 nitrogen and oxygen atoms in total. The monoisotopic (exact) mass is 363 g/mol. The zero-order valence-electron chi connectivity index (χ0n) is 16.5. The van der Waals surface area contributed by atoms with Crippen molar-refractivity contribution < 1.29 is 19.1 Å². The molecule has 0 heterocycles. The Balaban J connectivity index is 2.59. The summed E-state index contributed by atoms with van der Waals surface area (Å²) in [7, 11) is 0. The maximum absolute atomic E-state index is 11.9. The number of nitrogens with one attached hydrogen (secondary N) is 1. The molecule has 1 aromatic rings. The highest BCUT2D eigenvalue weighted by atomic mass is 16.6. The standard InChI is InChI=1S/C19H29N3O4/c1-7-22(8-2)17(23)13-25-16-11-9-15(10-12-16)14(3)20-21-18(24)26-19(4,5)6/h9-12H,7-8,13H2,1-6H3,(H,21,24)/b20-14-. The van der Waals surface area contributed by atoms with E-state index >= 15 is 0 Å². The number of hydrogen-bond donors (Lipinski definition) is 1. The van der Waals surface area contributed by atoms with Crippen LogP contribution in [0.3, 0.4) is 0 Å². The average molecular weight is 363 g/mol. The number of nitrogens with zero attached hydrogens (tertiary/aromatic N) is 2. The van der Waals surface area contributed by atoms with E-state index in [9.17, 15) is 9.59 Å². The van der Waals surface area contributed by atoms with Gasteiger partial charge in [0.15, 0.2) is 6.61 Å². The average Bonchev–Trinajstić information content (AvgIpc) is 2.58. The summed E-state index contributed by atoms with van der Waals surface area (Å²) in [6.45, 7) is 12.3. The molecule has 0 aliphatic rings. The minimum atomic E-state index is -0.605. The Bertz CT molecular complexity index is 629. The summed E-state index contributed by atoms with van der Waals surface area (Å²) >= 11 is 0. The third-order valence-electron chi connectivity index (χ3n) is 3.46. The van der Waals surface area contributed by atoms with Gasteiger partial charge in [-0.05, 0) is 71.4 Å². The minimum Gasteiger partial charge on any atom is -0.484 e. The summed E-state index contributed by atoms with van der Waals surface area (Å²) in [6.07, 6.45) is -0.605. The Morgan fingerprint density at radius 3 is 2.19 bits per heavy atom. The fourth-order valence-electron chi connectivity index (χ4n) is 2.10.